The number of hydrogen-bond acceptors (Lipinski definition) is 1. The topological polar surface area (TPSA) is 51.7 Å². The van der Waals surface area contributed by atoms with Crippen molar-refractivity contribution in [2.75, 3.05) is 0 Å². The minimum atomic E-state index is -0.694. The SMILES string of the molecule is C.C=C(C)C.C=CC(=C)C.C=CC(C)(C)O.O.[H+]. The highest BCUT2D eigenvalue weighted by Crippen LogP contribution is 1.98. The van der Waals surface area contributed by atoms with Crippen LogP contribution >= 0.6 is 0 Å². The van der Waals surface area contributed by atoms with Crippen LogP contribution in [-0.4, -0.2) is 16.2 Å². The van der Waals surface area contributed by atoms with Gasteiger partial charge in [0.05, 0.1) is 5.60 Å². The van der Waals surface area contributed by atoms with E-state index in [1.165, 1.54) is 11.6 Å². The van der Waals surface area contributed by atoms with Crippen LogP contribution in [0.1, 0.15) is 43.5 Å². The summed E-state index contributed by atoms with van der Waals surface area (Å²) in [5, 5.41) is 8.71. The summed E-state index contributed by atoms with van der Waals surface area (Å²) >= 11 is 0. The molecule has 2 heteroatoms. The minimum absolute atomic E-state index is 0. The highest BCUT2D eigenvalue weighted by Gasteiger charge is 2.02. The zero-order chi connectivity index (χ0) is 13.1. The molecule has 0 spiro atoms. The molecule has 104 valence electrons. The van der Waals surface area contributed by atoms with E-state index in [2.05, 4.69) is 26.3 Å². The smallest absolute Gasteiger partial charge is 0.412 e. The van der Waals surface area contributed by atoms with E-state index in [9.17, 15) is 0 Å². The first-order chi connectivity index (χ1) is 6.56. The summed E-state index contributed by atoms with van der Waals surface area (Å²) in [7, 11) is 0. The molecule has 0 aliphatic heterocycles. The zero-order valence-corrected chi connectivity index (χ0v) is 11.4. The van der Waals surface area contributed by atoms with Gasteiger partial charge in [-0.25, -0.2) is 0 Å². The lowest BCUT2D eigenvalue weighted by Gasteiger charge is -2.07. The van der Waals surface area contributed by atoms with E-state index >= 15 is 0 Å². The van der Waals surface area contributed by atoms with Crippen molar-refractivity contribution in [1.82, 2.24) is 0 Å². The Hall–Kier alpha value is -1.12. The maximum absolute atomic E-state index is 8.71. The normalized spacial score (nSPS) is 7.41. The Labute approximate surface area is 110 Å². The molecule has 0 heterocycles. The lowest BCUT2D eigenvalue weighted by molar-refractivity contribution is 0.133. The van der Waals surface area contributed by atoms with Gasteiger partial charge in [0.25, 0.3) is 0 Å². The van der Waals surface area contributed by atoms with Crippen LogP contribution in [0.4, 0.5) is 0 Å². The van der Waals surface area contributed by atoms with E-state index in [1.54, 1.807) is 19.9 Å². The highest BCUT2D eigenvalue weighted by molar-refractivity contribution is 5.05. The first-order valence-electron chi connectivity index (χ1n) is 4.82. The van der Waals surface area contributed by atoms with Crippen molar-refractivity contribution in [3.8, 4) is 0 Å². The molecule has 0 aromatic carbocycles. The van der Waals surface area contributed by atoms with Gasteiger partial charge in [0.1, 0.15) is 0 Å². The molecular weight excluding hydrogens is 212 g/mol. The number of aliphatic hydroxyl groups is 1. The summed E-state index contributed by atoms with van der Waals surface area (Å²) in [5.41, 5.74) is 1.49. The molecule has 0 aromatic heterocycles. The van der Waals surface area contributed by atoms with Crippen molar-refractivity contribution in [2.24, 2.45) is 0 Å². The van der Waals surface area contributed by atoms with Crippen LogP contribution in [0.3, 0.4) is 0 Å². The van der Waals surface area contributed by atoms with Crippen LogP contribution < -0.4 is 0 Å². The van der Waals surface area contributed by atoms with Crippen molar-refractivity contribution < 1.29 is 12.0 Å². The summed E-state index contributed by atoms with van der Waals surface area (Å²) < 4.78 is 0. The van der Waals surface area contributed by atoms with E-state index in [4.69, 9.17) is 5.11 Å². The fourth-order valence-electron chi connectivity index (χ4n) is 0. The second-order valence-corrected chi connectivity index (χ2v) is 4.12. The van der Waals surface area contributed by atoms with Gasteiger partial charge >= 0.3 is 1.43 Å². The lowest BCUT2D eigenvalue weighted by atomic mass is 10.1. The number of rotatable bonds is 2. The molecule has 0 saturated heterocycles. The van der Waals surface area contributed by atoms with E-state index in [0.29, 0.717) is 0 Å². The van der Waals surface area contributed by atoms with Crippen molar-refractivity contribution in [1.29, 1.82) is 0 Å². The van der Waals surface area contributed by atoms with Gasteiger partial charge in [0.2, 0.25) is 0 Å². The average molecular weight is 245 g/mol. The molecule has 3 N–H and O–H groups in total. The first kappa shape index (κ1) is 29.7. The maximum atomic E-state index is 8.71. The molecule has 0 bridgehead atoms. The van der Waals surface area contributed by atoms with Gasteiger partial charge in [-0.2, -0.15) is 0 Å². The molecule has 0 amide bonds. The Morgan fingerprint density at radius 2 is 1.24 bits per heavy atom. The van der Waals surface area contributed by atoms with Crippen molar-refractivity contribution in [2.45, 2.75) is 47.6 Å². The second kappa shape index (κ2) is 17.3. The maximum Gasteiger partial charge on any atom is 1.00 e. The highest BCUT2D eigenvalue weighted by atomic mass is 16.3. The van der Waals surface area contributed by atoms with Crippen molar-refractivity contribution >= 4 is 0 Å². The fraction of sp³-hybridized carbons (Fsp3) is 0.467. The molecular formula is C15H33O2+. The Morgan fingerprint density at radius 3 is 1.24 bits per heavy atom. The van der Waals surface area contributed by atoms with Gasteiger partial charge in [-0.05, 0) is 34.6 Å². The van der Waals surface area contributed by atoms with Crippen LogP contribution in [0.15, 0.2) is 49.6 Å². The van der Waals surface area contributed by atoms with E-state index < -0.39 is 5.60 Å². The van der Waals surface area contributed by atoms with Crippen LogP contribution in [0.2, 0.25) is 0 Å². The van der Waals surface area contributed by atoms with Crippen LogP contribution in [-0.2, 0) is 0 Å². The lowest BCUT2D eigenvalue weighted by Crippen LogP contribution is -2.12. The predicted molar refractivity (Wildman–Crippen MR) is 83.5 cm³/mol. The quantitative estimate of drug-likeness (QED) is 0.575. The molecule has 0 aromatic rings. The number of hydrogen-bond donors (Lipinski definition) is 1. The molecule has 17 heavy (non-hydrogen) atoms. The Bertz CT molecular complexity index is 209. The molecule has 0 aliphatic rings. The summed E-state index contributed by atoms with van der Waals surface area (Å²) in [6, 6.07) is 0. The molecule has 0 fully saturated rings. The standard InChI is InChI=1S/C5H10O.C5H8.C4H8.CH4.H2O/c1-4-5(2,3)6;1-4-5(2)3;1-4(2)3;;/h4,6H,1H2,2-3H3;4H,1-2H2,3H3;1H2,2-3H3;1H4;1H2/p+1. The van der Waals surface area contributed by atoms with Gasteiger partial charge < -0.3 is 10.6 Å². The first-order valence-corrected chi connectivity index (χ1v) is 4.82. The van der Waals surface area contributed by atoms with Crippen LogP contribution in [0, 0.1) is 0 Å². The van der Waals surface area contributed by atoms with Crippen LogP contribution in [0.5, 0.6) is 0 Å². The Kier molecular flexibility index (Phi) is 30.2. The average Bonchev–Trinajstić information content (AvgIpc) is 2.03. The number of allylic oxidation sites excluding steroid dienone is 3. The molecule has 2 nitrogen and oxygen atoms in total. The fourth-order valence-corrected chi connectivity index (χ4v) is 0. The molecule has 0 unspecified atom stereocenters. The summed E-state index contributed by atoms with van der Waals surface area (Å²) in [6.07, 6.45) is 3.22. The van der Waals surface area contributed by atoms with Crippen molar-refractivity contribution in [3.05, 3.63) is 49.6 Å². The third-order valence-corrected chi connectivity index (χ3v) is 0.848. The third kappa shape index (κ3) is 164. The van der Waals surface area contributed by atoms with Crippen LogP contribution in [0.25, 0.3) is 0 Å². The second-order valence-electron chi connectivity index (χ2n) is 4.12. The molecule has 0 aliphatic carbocycles. The van der Waals surface area contributed by atoms with E-state index in [0.717, 1.165) is 5.57 Å². The van der Waals surface area contributed by atoms with E-state index in [-0.39, 0.29) is 14.3 Å². The molecule has 0 radical (unpaired) electrons. The van der Waals surface area contributed by atoms with Gasteiger partial charge in [-0.15, -0.1) is 13.2 Å². The van der Waals surface area contributed by atoms with Gasteiger partial charge in [-0.1, -0.05) is 43.9 Å². The third-order valence-electron chi connectivity index (χ3n) is 0.848. The monoisotopic (exact) mass is 245 g/mol. The predicted octanol–water partition coefficient (Wildman–Crippen LogP) is 4.20. The zero-order valence-electron chi connectivity index (χ0n) is 12.4. The van der Waals surface area contributed by atoms with Gasteiger partial charge in [0, 0.05) is 0 Å². The summed E-state index contributed by atoms with van der Waals surface area (Å²) in [5.74, 6) is 0. The van der Waals surface area contributed by atoms with E-state index in [1.807, 2.05) is 20.8 Å². The Morgan fingerprint density at radius 1 is 1.12 bits per heavy atom. The van der Waals surface area contributed by atoms with Crippen molar-refractivity contribution in [3.63, 3.8) is 0 Å². The molecule has 0 atom stereocenters. The summed E-state index contributed by atoms with van der Waals surface area (Å²) in [4.78, 5) is 0. The summed E-state index contributed by atoms with van der Waals surface area (Å²) in [6.45, 7) is 23.2. The largest absolute Gasteiger partial charge is 1.00 e. The molecule has 0 saturated carbocycles. The molecule has 0 rings (SSSR count). The van der Waals surface area contributed by atoms with Gasteiger partial charge in [-0.3, -0.25) is 0 Å². The van der Waals surface area contributed by atoms with Gasteiger partial charge in [0.15, 0.2) is 0 Å². The minimum Gasteiger partial charge on any atom is -0.412 e. The Balaban J connectivity index is -0.0000000282.